The first-order valence-electron chi connectivity index (χ1n) is 9.34. The molecule has 1 fully saturated rings. The van der Waals surface area contributed by atoms with E-state index in [9.17, 15) is 14.6 Å². The van der Waals surface area contributed by atoms with Crippen molar-refractivity contribution >= 4 is 19.2 Å². The van der Waals surface area contributed by atoms with Crippen LogP contribution in [-0.2, 0) is 27.8 Å². The largest absolute Gasteiger partial charge is 0.472 e. The highest BCUT2D eigenvalue weighted by Crippen LogP contribution is 2.45. The van der Waals surface area contributed by atoms with Crippen molar-refractivity contribution < 1.29 is 37.8 Å². The van der Waals surface area contributed by atoms with Crippen molar-refractivity contribution in [3.8, 4) is 0 Å². The molecule has 1 unspecified atom stereocenters. The lowest BCUT2D eigenvalue weighted by Gasteiger charge is -2.26. The fraction of sp³-hybridized carbons (Fsp3) is 0.647. The summed E-state index contributed by atoms with van der Waals surface area (Å²) in [6.07, 6.45) is -0.152. The third kappa shape index (κ3) is 5.74. The minimum absolute atomic E-state index is 0.0832. The summed E-state index contributed by atoms with van der Waals surface area (Å²) in [6, 6.07) is 3.53. The van der Waals surface area contributed by atoms with Gasteiger partial charge in [-0.15, -0.1) is 0 Å². The average Bonchev–Trinajstić information content (AvgIpc) is 3.23. The van der Waals surface area contributed by atoms with Gasteiger partial charge in [-0.3, -0.25) is 9.05 Å². The van der Waals surface area contributed by atoms with Gasteiger partial charge in [0.05, 0.1) is 37.7 Å². The van der Waals surface area contributed by atoms with Crippen LogP contribution in [0.25, 0.3) is 5.52 Å². The van der Waals surface area contributed by atoms with Gasteiger partial charge in [-0.2, -0.15) is 5.10 Å². The molecule has 12 nitrogen and oxygen atoms in total. The lowest BCUT2D eigenvalue weighted by molar-refractivity contribution is -0.215. The topological polar surface area (TPSA) is 160 Å². The number of aliphatic hydroxyl groups is 1. The zero-order valence-corrected chi connectivity index (χ0v) is 17.9. The number of methoxy groups -OCH3 is 1. The molecular weight excluding hydrogens is 419 g/mol. The van der Waals surface area contributed by atoms with E-state index in [1.54, 1.807) is 16.6 Å². The first-order valence-corrected chi connectivity index (χ1v) is 10.8. The van der Waals surface area contributed by atoms with E-state index in [2.05, 4.69) is 10.1 Å². The zero-order chi connectivity index (χ0) is 21.9. The Bertz CT molecular complexity index is 902. The van der Waals surface area contributed by atoms with Crippen LogP contribution in [-0.4, -0.2) is 69.5 Å². The first kappa shape index (κ1) is 23.0. The van der Waals surface area contributed by atoms with E-state index >= 15 is 0 Å². The van der Waals surface area contributed by atoms with Crippen molar-refractivity contribution in [1.29, 1.82) is 0 Å². The molecule has 1 aliphatic heterocycles. The number of aromatic nitrogens is 3. The summed E-state index contributed by atoms with van der Waals surface area (Å²) in [6.45, 7) is 2.89. The number of nitrogen functional groups attached to an aromatic ring is 1. The van der Waals surface area contributed by atoms with Crippen molar-refractivity contribution in [2.45, 2.75) is 44.4 Å². The predicted molar refractivity (Wildman–Crippen MR) is 104 cm³/mol. The van der Waals surface area contributed by atoms with Crippen LogP contribution in [0.15, 0.2) is 18.5 Å². The van der Waals surface area contributed by atoms with Gasteiger partial charge in [0, 0.05) is 13.5 Å². The fourth-order valence-electron chi connectivity index (χ4n) is 3.22. The molecule has 0 bridgehead atoms. The van der Waals surface area contributed by atoms with E-state index in [-0.39, 0.29) is 19.8 Å². The molecule has 2 aromatic rings. The molecule has 0 radical (unpaired) electrons. The highest BCUT2D eigenvalue weighted by atomic mass is 31.2. The summed E-state index contributed by atoms with van der Waals surface area (Å²) in [5, 5.41) is 14.3. The Balaban J connectivity index is 1.75. The van der Waals surface area contributed by atoms with E-state index < -0.39 is 31.9 Å². The number of phosphoric ester groups is 1. The molecule has 0 aliphatic carbocycles. The van der Waals surface area contributed by atoms with Crippen LogP contribution in [0.2, 0.25) is 0 Å². The van der Waals surface area contributed by atoms with Gasteiger partial charge in [-0.05, 0) is 26.0 Å². The molecule has 13 heteroatoms. The summed E-state index contributed by atoms with van der Waals surface area (Å²) >= 11 is 0. The van der Waals surface area contributed by atoms with Crippen molar-refractivity contribution in [2.75, 3.05) is 32.7 Å². The van der Waals surface area contributed by atoms with Crippen LogP contribution in [0, 0.1) is 0 Å². The maximum Gasteiger partial charge on any atom is 0.472 e. The number of nitrogens with zero attached hydrogens (tertiary/aromatic N) is 3. The molecule has 0 aromatic carbocycles. The second-order valence-corrected chi connectivity index (χ2v) is 8.76. The van der Waals surface area contributed by atoms with Crippen molar-refractivity contribution in [3.63, 3.8) is 0 Å². The van der Waals surface area contributed by atoms with Gasteiger partial charge >= 0.3 is 7.82 Å². The summed E-state index contributed by atoms with van der Waals surface area (Å²) < 4.78 is 40.0. The van der Waals surface area contributed by atoms with E-state index in [0.29, 0.717) is 23.4 Å². The normalized spacial score (nSPS) is 24.4. The first-order chi connectivity index (χ1) is 14.1. The number of fused-ring (bicyclic) bond motifs is 1. The van der Waals surface area contributed by atoms with Gasteiger partial charge in [0.2, 0.25) is 0 Å². The summed E-state index contributed by atoms with van der Waals surface area (Å²) in [5.41, 5.74) is 7.13. The van der Waals surface area contributed by atoms with E-state index in [1.807, 2.05) is 0 Å². The van der Waals surface area contributed by atoms with Gasteiger partial charge in [0.1, 0.15) is 17.9 Å². The molecule has 0 saturated carbocycles. The molecule has 1 aliphatic rings. The SMILES string of the molecule is COCCOP(=O)(O)OC[C@@H]1C[C@@H](OC(C)(C)O)[C@H](c2ccc3c(N)ncnn23)O1. The van der Waals surface area contributed by atoms with Crippen molar-refractivity contribution in [1.82, 2.24) is 14.6 Å². The number of hydrogen-bond donors (Lipinski definition) is 3. The van der Waals surface area contributed by atoms with Crippen LogP contribution in [0.3, 0.4) is 0 Å². The minimum Gasteiger partial charge on any atom is -0.382 e. The summed E-state index contributed by atoms with van der Waals surface area (Å²) in [7, 11) is -2.80. The molecular formula is C17H27N4O8P. The fourth-order valence-corrected chi connectivity index (χ4v) is 3.95. The molecule has 1 saturated heterocycles. The molecule has 4 N–H and O–H groups in total. The summed E-state index contributed by atoms with van der Waals surface area (Å²) in [5.74, 6) is -1.11. The number of phosphoric acid groups is 1. The molecule has 0 spiro atoms. The van der Waals surface area contributed by atoms with Crippen molar-refractivity contribution in [3.05, 3.63) is 24.2 Å². The molecule has 0 amide bonds. The number of nitrogens with two attached hydrogens (primary N) is 1. The van der Waals surface area contributed by atoms with Crippen molar-refractivity contribution in [2.24, 2.45) is 0 Å². The Morgan fingerprint density at radius 1 is 1.37 bits per heavy atom. The quantitative estimate of drug-likeness (QED) is 0.272. The Hall–Kier alpha value is -1.63. The lowest BCUT2D eigenvalue weighted by Crippen LogP contribution is -2.32. The molecule has 2 aromatic heterocycles. The second-order valence-electron chi connectivity index (χ2n) is 7.31. The Morgan fingerprint density at radius 2 is 2.13 bits per heavy atom. The van der Waals surface area contributed by atoms with Crippen LogP contribution < -0.4 is 5.73 Å². The predicted octanol–water partition coefficient (Wildman–Crippen LogP) is 1.04. The monoisotopic (exact) mass is 446 g/mol. The van der Waals surface area contributed by atoms with E-state index in [0.717, 1.165) is 0 Å². The molecule has 3 heterocycles. The number of rotatable bonds is 10. The van der Waals surface area contributed by atoms with Crippen LogP contribution in [0.1, 0.15) is 32.1 Å². The Labute approximate surface area is 173 Å². The lowest BCUT2D eigenvalue weighted by atomic mass is 10.1. The molecule has 168 valence electrons. The van der Waals surface area contributed by atoms with Gasteiger partial charge < -0.3 is 29.9 Å². The van der Waals surface area contributed by atoms with Crippen LogP contribution in [0.5, 0.6) is 0 Å². The third-order valence-electron chi connectivity index (χ3n) is 4.38. The molecule has 3 rings (SSSR count). The standard InChI is InChI=1S/C17H27N4O8P/c1-17(2,22)29-14-8-11(9-27-30(23,24)26-7-6-25-3)28-15(14)12-4-5-13-16(18)19-10-20-21(12)13/h4-5,10-11,14-15,22H,6-9H2,1-3H3,(H,23,24)(H2,18,19,20)/t11-,14+,15-/m0/s1. The highest BCUT2D eigenvalue weighted by Gasteiger charge is 2.42. The van der Waals surface area contributed by atoms with Gasteiger partial charge in [-0.25, -0.2) is 14.1 Å². The van der Waals surface area contributed by atoms with Gasteiger partial charge in [0.15, 0.2) is 11.6 Å². The average molecular weight is 446 g/mol. The second kappa shape index (κ2) is 9.25. The van der Waals surface area contributed by atoms with Gasteiger partial charge in [0.25, 0.3) is 0 Å². The summed E-state index contributed by atoms with van der Waals surface area (Å²) in [4.78, 5) is 13.7. The maximum absolute atomic E-state index is 12.0. The third-order valence-corrected chi connectivity index (χ3v) is 5.36. The highest BCUT2D eigenvalue weighted by molar-refractivity contribution is 7.47. The maximum atomic E-state index is 12.0. The number of anilines is 1. The van der Waals surface area contributed by atoms with E-state index in [1.165, 1.54) is 27.3 Å². The minimum atomic E-state index is -4.25. The number of hydrogen-bond acceptors (Lipinski definition) is 10. The molecule has 4 atom stereocenters. The molecule has 30 heavy (non-hydrogen) atoms. The Morgan fingerprint density at radius 3 is 2.83 bits per heavy atom. The van der Waals surface area contributed by atoms with Crippen LogP contribution in [0.4, 0.5) is 5.82 Å². The number of ether oxygens (including phenoxy) is 3. The van der Waals surface area contributed by atoms with E-state index in [4.69, 9.17) is 29.0 Å². The smallest absolute Gasteiger partial charge is 0.382 e. The zero-order valence-electron chi connectivity index (χ0n) is 17.0. The Kier molecular flexibility index (Phi) is 7.10. The van der Waals surface area contributed by atoms with Gasteiger partial charge in [-0.1, -0.05) is 0 Å². The van der Waals surface area contributed by atoms with Crippen LogP contribution >= 0.6 is 7.82 Å².